The second-order valence-electron chi connectivity index (χ2n) is 10.2. The molecule has 6 heteroatoms. The number of amides is 2. The van der Waals surface area contributed by atoms with E-state index in [2.05, 4.69) is 31.0 Å². The highest BCUT2D eigenvalue weighted by Gasteiger charge is 2.28. The highest BCUT2D eigenvalue weighted by atomic mass is 16.6. The zero-order valence-corrected chi connectivity index (χ0v) is 22.2. The lowest BCUT2D eigenvalue weighted by Gasteiger charge is -2.41. The van der Waals surface area contributed by atoms with Gasteiger partial charge in [-0.15, -0.1) is 0 Å². The maximum atomic E-state index is 12.7. The number of hydrogen-bond acceptors (Lipinski definition) is 4. The Labute approximate surface area is 220 Å². The van der Waals surface area contributed by atoms with Crippen molar-refractivity contribution in [2.75, 3.05) is 23.8 Å². The van der Waals surface area contributed by atoms with Crippen LogP contribution in [0, 0.1) is 5.92 Å². The van der Waals surface area contributed by atoms with Crippen LogP contribution in [0.5, 0.6) is 5.75 Å². The van der Waals surface area contributed by atoms with E-state index in [1.807, 2.05) is 54.6 Å². The second kappa shape index (κ2) is 12.1. The van der Waals surface area contributed by atoms with Crippen LogP contribution >= 0.6 is 0 Å². The molecule has 0 radical (unpaired) electrons. The first-order chi connectivity index (χ1) is 17.8. The van der Waals surface area contributed by atoms with E-state index in [4.69, 9.17) is 4.74 Å². The van der Waals surface area contributed by atoms with E-state index in [1.165, 1.54) is 23.3 Å². The number of hydrogen-bond donors (Lipinski definition) is 1. The standard InChI is InChI=1S/C31H37N3O3/c1-22-20-23(2)34(24(3)21-22)19-18-25-10-12-26(13-11-25)30(35)32-27-14-16-29(17-15-27)37-31(36)33(4)28-8-6-5-7-9-28/h5-17,22-24H,18-21H2,1-4H3,(H,32,35). The van der Waals surface area contributed by atoms with Gasteiger partial charge in [0.15, 0.2) is 0 Å². The summed E-state index contributed by atoms with van der Waals surface area (Å²) < 4.78 is 5.44. The molecule has 3 aromatic rings. The fourth-order valence-electron chi connectivity index (χ4n) is 5.22. The van der Waals surface area contributed by atoms with Gasteiger partial charge in [-0.25, -0.2) is 4.79 Å². The molecule has 2 atom stereocenters. The molecule has 0 aromatic heterocycles. The van der Waals surface area contributed by atoms with Crippen molar-refractivity contribution < 1.29 is 14.3 Å². The number of rotatable bonds is 7. The van der Waals surface area contributed by atoms with Gasteiger partial charge < -0.3 is 10.1 Å². The molecule has 1 aliphatic rings. The fourth-order valence-corrected chi connectivity index (χ4v) is 5.22. The number of carbonyl (C=O) groups is 2. The van der Waals surface area contributed by atoms with Crippen molar-refractivity contribution in [2.24, 2.45) is 5.92 Å². The van der Waals surface area contributed by atoms with Gasteiger partial charge in [0, 0.05) is 42.6 Å². The van der Waals surface area contributed by atoms with Gasteiger partial charge in [-0.05, 0) is 93.1 Å². The van der Waals surface area contributed by atoms with Crippen LogP contribution in [0.3, 0.4) is 0 Å². The predicted molar refractivity (Wildman–Crippen MR) is 149 cm³/mol. The van der Waals surface area contributed by atoms with E-state index in [9.17, 15) is 9.59 Å². The molecule has 194 valence electrons. The number of likely N-dealkylation sites (tertiary alicyclic amines) is 1. The number of ether oxygens (including phenoxy) is 1. The normalized spacial score (nSPS) is 19.7. The first-order valence-electron chi connectivity index (χ1n) is 13.1. The predicted octanol–water partition coefficient (Wildman–Crippen LogP) is 6.63. The van der Waals surface area contributed by atoms with E-state index >= 15 is 0 Å². The van der Waals surface area contributed by atoms with Gasteiger partial charge in [0.25, 0.3) is 5.91 Å². The van der Waals surface area contributed by atoms with E-state index in [1.54, 1.807) is 31.3 Å². The molecule has 3 aromatic carbocycles. The van der Waals surface area contributed by atoms with Crippen molar-refractivity contribution in [1.29, 1.82) is 0 Å². The average Bonchev–Trinajstić information content (AvgIpc) is 2.89. The monoisotopic (exact) mass is 499 g/mol. The Morgan fingerprint density at radius 3 is 2.14 bits per heavy atom. The summed E-state index contributed by atoms with van der Waals surface area (Å²) in [6.45, 7) is 8.06. The van der Waals surface area contributed by atoms with Gasteiger partial charge in [-0.1, -0.05) is 37.3 Å². The number of benzene rings is 3. The van der Waals surface area contributed by atoms with Crippen molar-refractivity contribution in [1.82, 2.24) is 4.90 Å². The van der Waals surface area contributed by atoms with E-state index in [0.29, 0.717) is 29.1 Å². The minimum Gasteiger partial charge on any atom is -0.410 e. The van der Waals surface area contributed by atoms with Crippen LogP contribution in [0.1, 0.15) is 49.5 Å². The summed E-state index contributed by atoms with van der Waals surface area (Å²) in [6, 6.07) is 25.1. The van der Waals surface area contributed by atoms with Gasteiger partial charge in [-0.3, -0.25) is 14.6 Å². The van der Waals surface area contributed by atoms with Gasteiger partial charge in [0.2, 0.25) is 0 Å². The summed E-state index contributed by atoms with van der Waals surface area (Å²) in [7, 11) is 1.66. The smallest absolute Gasteiger partial charge is 0.410 e. The molecule has 4 rings (SSSR count). The topological polar surface area (TPSA) is 61.9 Å². The minimum absolute atomic E-state index is 0.174. The van der Waals surface area contributed by atoms with E-state index in [0.717, 1.165) is 24.6 Å². The van der Waals surface area contributed by atoms with Crippen LogP contribution in [0.25, 0.3) is 0 Å². The fraction of sp³-hybridized carbons (Fsp3) is 0.355. The molecule has 1 heterocycles. The Bertz CT molecular complexity index is 1170. The third-order valence-corrected chi connectivity index (χ3v) is 7.23. The summed E-state index contributed by atoms with van der Waals surface area (Å²) in [4.78, 5) is 29.2. The van der Waals surface area contributed by atoms with Crippen LogP contribution in [0.4, 0.5) is 16.2 Å². The minimum atomic E-state index is -0.484. The molecule has 1 fully saturated rings. The van der Waals surface area contributed by atoms with Gasteiger partial charge >= 0.3 is 6.09 Å². The number of nitrogens with one attached hydrogen (secondary N) is 1. The summed E-state index contributed by atoms with van der Waals surface area (Å²) in [5.41, 5.74) is 3.22. The molecule has 37 heavy (non-hydrogen) atoms. The maximum Gasteiger partial charge on any atom is 0.419 e. The third-order valence-electron chi connectivity index (χ3n) is 7.23. The molecular weight excluding hydrogens is 462 g/mol. The molecular formula is C31H37N3O3. The number of anilines is 2. The third kappa shape index (κ3) is 6.98. The van der Waals surface area contributed by atoms with E-state index < -0.39 is 6.09 Å². The van der Waals surface area contributed by atoms with Crippen LogP contribution in [0.2, 0.25) is 0 Å². The van der Waals surface area contributed by atoms with Crippen LogP contribution in [0.15, 0.2) is 78.9 Å². The van der Waals surface area contributed by atoms with Crippen LogP contribution in [-0.4, -0.2) is 42.6 Å². The molecule has 0 bridgehead atoms. The van der Waals surface area contributed by atoms with Crippen molar-refractivity contribution in [2.45, 2.75) is 52.1 Å². The lowest BCUT2D eigenvalue weighted by Crippen LogP contribution is -2.46. The summed E-state index contributed by atoms with van der Waals surface area (Å²) in [5, 5.41) is 2.91. The largest absolute Gasteiger partial charge is 0.419 e. The average molecular weight is 500 g/mol. The molecule has 0 aliphatic carbocycles. The first kappa shape index (κ1) is 26.4. The number of carbonyl (C=O) groups excluding carboxylic acids is 2. The summed E-state index contributed by atoms with van der Waals surface area (Å²) in [6.07, 6.45) is 3.02. The Morgan fingerprint density at radius 1 is 0.892 bits per heavy atom. The SMILES string of the molecule is CC1CC(C)N(CCc2ccc(C(=O)Nc3ccc(OC(=O)N(C)c4ccccc4)cc3)cc2)C(C)C1. The second-order valence-corrected chi connectivity index (χ2v) is 10.2. The summed E-state index contributed by atoms with van der Waals surface area (Å²) >= 11 is 0. The number of para-hydroxylation sites is 1. The van der Waals surface area contributed by atoms with Crippen molar-refractivity contribution in [3.63, 3.8) is 0 Å². The quantitative estimate of drug-likeness (QED) is 0.397. The molecule has 2 amide bonds. The molecule has 1 aliphatic heterocycles. The van der Waals surface area contributed by atoms with Crippen molar-refractivity contribution >= 4 is 23.4 Å². The van der Waals surface area contributed by atoms with Crippen molar-refractivity contribution in [3.8, 4) is 5.75 Å². The molecule has 6 nitrogen and oxygen atoms in total. The lowest BCUT2D eigenvalue weighted by atomic mass is 9.88. The summed E-state index contributed by atoms with van der Waals surface area (Å²) in [5.74, 6) is 1.03. The highest BCUT2D eigenvalue weighted by molar-refractivity contribution is 6.04. The number of nitrogens with zero attached hydrogens (tertiary/aromatic N) is 2. The Balaban J connectivity index is 1.27. The first-order valence-corrected chi connectivity index (χ1v) is 13.1. The van der Waals surface area contributed by atoms with Gasteiger partial charge in [0.05, 0.1) is 0 Å². The number of piperidine rings is 1. The Kier molecular flexibility index (Phi) is 8.62. The van der Waals surface area contributed by atoms with E-state index in [-0.39, 0.29) is 5.91 Å². The van der Waals surface area contributed by atoms with Gasteiger partial charge in [-0.2, -0.15) is 0 Å². The molecule has 1 saturated heterocycles. The molecule has 1 N–H and O–H groups in total. The zero-order chi connectivity index (χ0) is 26.4. The van der Waals surface area contributed by atoms with Crippen LogP contribution < -0.4 is 15.0 Å². The highest BCUT2D eigenvalue weighted by Crippen LogP contribution is 2.27. The van der Waals surface area contributed by atoms with Gasteiger partial charge in [0.1, 0.15) is 5.75 Å². The maximum absolute atomic E-state index is 12.7. The molecule has 2 unspecified atom stereocenters. The molecule has 0 spiro atoms. The lowest BCUT2D eigenvalue weighted by molar-refractivity contribution is 0.0770. The van der Waals surface area contributed by atoms with Crippen molar-refractivity contribution in [3.05, 3.63) is 90.0 Å². The Hall–Kier alpha value is -3.64. The zero-order valence-electron chi connectivity index (χ0n) is 22.2. The molecule has 0 saturated carbocycles. The van der Waals surface area contributed by atoms with Crippen LogP contribution in [-0.2, 0) is 6.42 Å². The Morgan fingerprint density at radius 2 is 1.51 bits per heavy atom.